The quantitative estimate of drug-likeness (QED) is 0.566. The molecule has 0 saturated heterocycles. The van der Waals surface area contributed by atoms with Crippen molar-refractivity contribution in [1.82, 2.24) is 0 Å². The summed E-state index contributed by atoms with van der Waals surface area (Å²) < 4.78 is 0. The van der Waals surface area contributed by atoms with E-state index in [1.807, 2.05) is 6.92 Å². The molecule has 1 atom stereocenters. The van der Waals surface area contributed by atoms with E-state index in [0.29, 0.717) is 11.3 Å². The summed E-state index contributed by atoms with van der Waals surface area (Å²) >= 11 is 0. The largest absolute Gasteiger partial charge is 0.0877 e. The fourth-order valence-electron chi connectivity index (χ4n) is 1.24. The van der Waals surface area contributed by atoms with Crippen molar-refractivity contribution in [1.29, 1.82) is 0 Å². The van der Waals surface area contributed by atoms with Crippen LogP contribution in [0.4, 0.5) is 0 Å². The Bertz CT molecular complexity index is 233. The first-order chi connectivity index (χ1) is 6.43. The van der Waals surface area contributed by atoms with E-state index < -0.39 is 0 Å². The van der Waals surface area contributed by atoms with Crippen LogP contribution in [0.3, 0.4) is 0 Å². The lowest BCUT2D eigenvalue weighted by Crippen LogP contribution is -2.18. The van der Waals surface area contributed by atoms with Crippen LogP contribution in [0.15, 0.2) is 36.0 Å². The molecule has 0 aromatic carbocycles. The third kappa shape index (κ3) is 4.45. The van der Waals surface area contributed by atoms with Crippen molar-refractivity contribution in [3.8, 4) is 0 Å². The van der Waals surface area contributed by atoms with Crippen LogP contribution in [0.1, 0.15) is 41.5 Å². The molecule has 14 heavy (non-hydrogen) atoms. The lowest BCUT2D eigenvalue weighted by atomic mass is 9.77. The molecule has 0 spiro atoms. The van der Waals surface area contributed by atoms with Gasteiger partial charge >= 0.3 is 0 Å². The smallest absolute Gasteiger partial charge is 0.0142 e. The number of allylic oxidation sites excluding steroid dienone is 6. The molecule has 0 aromatic rings. The Labute approximate surface area is 89.4 Å². The summed E-state index contributed by atoms with van der Waals surface area (Å²) in [5.74, 6) is 0.579. The Morgan fingerprint density at radius 1 is 1.07 bits per heavy atom. The summed E-state index contributed by atoms with van der Waals surface area (Å²) in [6.45, 7) is 13.2. The van der Waals surface area contributed by atoms with E-state index in [4.69, 9.17) is 0 Å². The van der Waals surface area contributed by atoms with E-state index in [1.54, 1.807) is 0 Å². The van der Waals surface area contributed by atoms with E-state index in [0.717, 1.165) is 0 Å². The van der Waals surface area contributed by atoms with Gasteiger partial charge in [-0.05, 0) is 30.8 Å². The number of hydrogen-bond acceptors (Lipinski definition) is 0. The van der Waals surface area contributed by atoms with Crippen LogP contribution < -0.4 is 0 Å². The zero-order valence-electron chi connectivity index (χ0n) is 10.5. The van der Waals surface area contributed by atoms with Crippen LogP contribution in [0.2, 0.25) is 0 Å². The molecule has 0 N–H and O–H groups in total. The average molecular weight is 192 g/mol. The van der Waals surface area contributed by atoms with Crippen molar-refractivity contribution < 1.29 is 0 Å². The van der Waals surface area contributed by atoms with Crippen LogP contribution in [0.5, 0.6) is 0 Å². The van der Waals surface area contributed by atoms with Crippen LogP contribution in [-0.4, -0.2) is 0 Å². The van der Waals surface area contributed by atoms with Crippen LogP contribution in [-0.2, 0) is 0 Å². The third-order valence-corrected chi connectivity index (χ3v) is 2.64. The van der Waals surface area contributed by atoms with Crippen molar-refractivity contribution in [3.63, 3.8) is 0 Å². The zero-order valence-corrected chi connectivity index (χ0v) is 10.5. The molecule has 0 aliphatic rings. The second-order valence-electron chi connectivity index (χ2n) is 4.78. The van der Waals surface area contributed by atoms with Gasteiger partial charge in [-0.15, -0.1) is 0 Å². The average Bonchev–Trinajstić information content (AvgIpc) is 2.09. The van der Waals surface area contributed by atoms with Gasteiger partial charge in [0.2, 0.25) is 0 Å². The summed E-state index contributed by atoms with van der Waals surface area (Å²) in [7, 11) is 0. The highest BCUT2D eigenvalue weighted by molar-refractivity contribution is 5.26. The van der Waals surface area contributed by atoms with E-state index in [1.165, 1.54) is 5.57 Å². The first kappa shape index (κ1) is 13.2. The van der Waals surface area contributed by atoms with Crippen molar-refractivity contribution in [3.05, 3.63) is 36.0 Å². The van der Waals surface area contributed by atoms with E-state index in [-0.39, 0.29) is 0 Å². The van der Waals surface area contributed by atoms with E-state index >= 15 is 0 Å². The Kier molecular flexibility index (Phi) is 5.52. The van der Waals surface area contributed by atoms with Crippen LogP contribution >= 0.6 is 0 Å². The minimum atomic E-state index is 0.326. The Hall–Kier alpha value is -0.780. The molecule has 0 fully saturated rings. The Morgan fingerprint density at radius 3 is 2.00 bits per heavy atom. The van der Waals surface area contributed by atoms with Gasteiger partial charge in [-0.2, -0.15) is 0 Å². The molecule has 0 heteroatoms. The number of rotatable bonds is 3. The molecule has 0 radical (unpaired) electrons. The van der Waals surface area contributed by atoms with Gasteiger partial charge in [0, 0.05) is 0 Å². The maximum Gasteiger partial charge on any atom is -0.0142 e. The fraction of sp³-hybridized carbons (Fsp3) is 0.571. The summed E-state index contributed by atoms with van der Waals surface area (Å²) in [6, 6.07) is 0. The maximum absolute atomic E-state index is 2.29. The van der Waals surface area contributed by atoms with Crippen LogP contribution in [0, 0.1) is 11.3 Å². The van der Waals surface area contributed by atoms with Gasteiger partial charge in [-0.3, -0.25) is 0 Å². The van der Waals surface area contributed by atoms with E-state index in [2.05, 4.69) is 65.0 Å². The first-order valence-corrected chi connectivity index (χ1v) is 5.39. The monoisotopic (exact) mass is 192 g/mol. The normalized spacial score (nSPS) is 16.9. The minimum Gasteiger partial charge on any atom is -0.0877 e. The summed E-state index contributed by atoms with van der Waals surface area (Å²) in [6.07, 6.45) is 10.7. The van der Waals surface area contributed by atoms with Gasteiger partial charge in [0.25, 0.3) is 0 Å². The topological polar surface area (TPSA) is 0 Å². The molecule has 0 rings (SSSR count). The fourth-order valence-corrected chi connectivity index (χ4v) is 1.24. The highest BCUT2D eigenvalue weighted by Gasteiger charge is 2.21. The SMILES string of the molecule is C\C=C/C=C(\C=C/C)C(C)C(C)(C)C. The lowest BCUT2D eigenvalue weighted by Gasteiger charge is -2.28. The summed E-state index contributed by atoms with van der Waals surface area (Å²) in [4.78, 5) is 0. The molecule has 0 aromatic heterocycles. The van der Waals surface area contributed by atoms with Gasteiger partial charge in [0.15, 0.2) is 0 Å². The van der Waals surface area contributed by atoms with Crippen molar-refractivity contribution in [2.75, 3.05) is 0 Å². The second-order valence-corrected chi connectivity index (χ2v) is 4.78. The predicted molar refractivity (Wildman–Crippen MR) is 66.3 cm³/mol. The van der Waals surface area contributed by atoms with Crippen molar-refractivity contribution in [2.45, 2.75) is 41.5 Å². The van der Waals surface area contributed by atoms with Crippen LogP contribution in [0.25, 0.3) is 0 Å². The number of hydrogen-bond donors (Lipinski definition) is 0. The molecule has 0 saturated carbocycles. The molecule has 0 bridgehead atoms. The second kappa shape index (κ2) is 5.85. The molecular weight excluding hydrogens is 168 g/mol. The first-order valence-electron chi connectivity index (χ1n) is 5.39. The Balaban J connectivity index is 4.84. The van der Waals surface area contributed by atoms with Gasteiger partial charge < -0.3 is 0 Å². The maximum atomic E-state index is 2.29. The molecule has 1 unspecified atom stereocenters. The summed E-state index contributed by atoms with van der Waals surface area (Å²) in [5.41, 5.74) is 1.73. The van der Waals surface area contributed by atoms with Gasteiger partial charge in [-0.1, -0.05) is 58.1 Å². The summed E-state index contributed by atoms with van der Waals surface area (Å²) in [5, 5.41) is 0. The van der Waals surface area contributed by atoms with Gasteiger partial charge in [0.05, 0.1) is 0 Å². The zero-order chi connectivity index (χ0) is 11.2. The highest BCUT2D eigenvalue weighted by Crippen LogP contribution is 2.32. The molecule has 80 valence electrons. The third-order valence-electron chi connectivity index (χ3n) is 2.64. The molecular formula is C14H24. The lowest BCUT2D eigenvalue weighted by molar-refractivity contribution is 0.305. The standard InChI is InChI=1S/C14H24/c1-7-9-11-13(10-8-2)12(3)14(4,5)6/h7-12H,1-6H3/b9-7-,10-8-,13-11+. The van der Waals surface area contributed by atoms with Gasteiger partial charge in [0.1, 0.15) is 0 Å². The Morgan fingerprint density at radius 2 is 1.64 bits per heavy atom. The van der Waals surface area contributed by atoms with E-state index in [9.17, 15) is 0 Å². The molecule has 0 heterocycles. The molecule has 0 aliphatic carbocycles. The van der Waals surface area contributed by atoms with Gasteiger partial charge in [-0.25, -0.2) is 0 Å². The molecule has 0 nitrogen and oxygen atoms in total. The van der Waals surface area contributed by atoms with Crippen molar-refractivity contribution >= 4 is 0 Å². The van der Waals surface area contributed by atoms with Crippen molar-refractivity contribution in [2.24, 2.45) is 11.3 Å². The molecule has 0 aliphatic heterocycles. The minimum absolute atomic E-state index is 0.326. The predicted octanol–water partition coefficient (Wildman–Crippen LogP) is 4.75. The highest BCUT2D eigenvalue weighted by atomic mass is 14.3. The molecule has 0 amide bonds.